The summed E-state index contributed by atoms with van der Waals surface area (Å²) in [7, 11) is 1.35. The number of halogens is 1. The molecule has 0 amide bonds. The van der Waals surface area contributed by atoms with Crippen LogP contribution in [0.2, 0.25) is 0 Å². The Balaban J connectivity index is 2.98. The molecule has 1 rings (SSSR count). The van der Waals surface area contributed by atoms with Crippen molar-refractivity contribution in [3.63, 3.8) is 0 Å². The number of rotatable bonds is 2. The fourth-order valence-corrected chi connectivity index (χ4v) is 2.16. The van der Waals surface area contributed by atoms with Crippen molar-refractivity contribution in [2.45, 2.75) is 6.92 Å². The van der Waals surface area contributed by atoms with Gasteiger partial charge >= 0.3 is 5.97 Å². The maximum Gasteiger partial charge on any atom is 0.313 e. The molecule has 0 saturated heterocycles. The van der Waals surface area contributed by atoms with Crippen molar-refractivity contribution < 1.29 is 14.6 Å². The predicted octanol–water partition coefficient (Wildman–Crippen LogP) is 1.62. The van der Waals surface area contributed by atoms with Gasteiger partial charge in [-0.05, 0) is 0 Å². The van der Waals surface area contributed by atoms with E-state index in [1.165, 1.54) is 7.11 Å². The molecule has 0 aromatic heterocycles. The van der Waals surface area contributed by atoms with Crippen LogP contribution in [0.15, 0.2) is 22.7 Å². The van der Waals surface area contributed by atoms with Crippen LogP contribution < -0.4 is 0 Å². The minimum atomic E-state index is -0.583. The average Bonchev–Trinajstić information content (AvgIpc) is 2.17. The second-order valence-corrected chi connectivity index (χ2v) is 4.47. The summed E-state index contributed by atoms with van der Waals surface area (Å²) in [5.74, 6) is -0.743. The second kappa shape index (κ2) is 4.28. The lowest BCUT2D eigenvalue weighted by Crippen LogP contribution is -2.36. The van der Waals surface area contributed by atoms with Crippen molar-refractivity contribution in [2.75, 3.05) is 13.7 Å². The zero-order valence-corrected chi connectivity index (χ0v) is 9.74. The van der Waals surface area contributed by atoms with Crippen molar-refractivity contribution in [1.29, 1.82) is 0 Å². The minimum absolute atomic E-state index is 0.0911. The normalized spacial score (nSPS) is 31.1. The van der Waals surface area contributed by atoms with Crippen molar-refractivity contribution in [1.82, 2.24) is 0 Å². The Hall–Kier alpha value is -0.610. The minimum Gasteiger partial charge on any atom is -0.469 e. The molecule has 1 aliphatic carbocycles. The highest BCUT2D eigenvalue weighted by atomic mass is 79.9. The first kappa shape index (κ1) is 11.5. The molecule has 0 radical (unpaired) electrons. The molecule has 1 aliphatic rings. The van der Waals surface area contributed by atoms with Crippen molar-refractivity contribution >= 4 is 21.9 Å². The average molecular weight is 261 g/mol. The van der Waals surface area contributed by atoms with Crippen LogP contribution in [0, 0.1) is 11.3 Å². The van der Waals surface area contributed by atoms with E-state index in [0.29, 0.717) is 0 Å². The number of carbonyl (C=O) groups is 1. The van der Waals surface area contributed by atoms with E-state index < -0.39 is 11.3 Å². The van der Waals surface area contributed by atoms with Crippen LogP contribution in [-0.4, -0.2) is 24.8 Å². The van der Waals surface area contributed by atoms with Crippen molar-refractivity contribution in [2.24, 2.45) is 11.3 Å². The molecule has 14 heavy (non-hydrogen) atoms. The molecule has 0 heterocycles. The van der Waals surface area contributed by atoms with Gasteiger partial charge in [0.05, 0.1) is 19.6 Å². The van der Waals surface area contributed by atoms with E-state index in [9.17, 15) is 9.90 Å². The van der Waals surface area contributed by atoms with E-state index in [0.717, 1.165) is 4.48 Å². The van der Waals surface area contributed by atoms with Crippen LogP contribution in [0.25, 0.3) is 0 Å². The number of hydrogen-bond donors (Lipinski definition) is 1. The lowest BCUT2D eigenvalue weighted by molar-refractivity contribution is -0.147. The zero-order chi connectivity index (χ0) is 10.8. The van der Waals surface area contributed by atoms with Gasteiger partial charge in [-0.1, -0.05) is 41.1 Å². The van der Waals surface area contributed by atoms with Crippen LogP contribution >= 0.6 is 15.9 Å². The van der Waals surface area contributed by atoms with Gasteiger partial charge in [-0.3, -0.25) is 4.79 Å². The largest absolute Gasteiger partial charge is 0.469 e. The van der Waals surface area contributed by atoms with E-state index in [2.05, 4.69) is 20.7 Å². The number of aliphatic hydroxyl groups is 1. The monoisotopic (exact) mass is 260 g/mol. The lowest BCUT2D eigenvalue weighted by atomic mass is 9.75. The van der Waals surface area contributed by atoms with Crippen LogP contribution in [0.4, 0.5) is 0 Å². The summed E-state index contributed by atoms with van der Waals surface area (Å²) in [6, 6.07) is 0. The third-order valence-electron chi connectivity index (χ3n) is 2.42. The van der Waals surface area contributed by atoms with E-state index in [1.54, 1.807) is 12.2 Å². The lowest BCUT2D eigenvalue weighted by Gasteiger charge is -2.32. The van der Waals surface area contributed by atoms with Gasteiger partial charge in [0.15, 0.2) is 0 Å². The molecule has 78 valence electrons. The van der Waals surface area contributed by atoms with Gasteiger partial charge in [0.2, 0.25) is 0 Å². The summed E-state index contributed by atoms with van der Waals surface area (Å²) in [6.07, 6.45) is 5.36. The first-order valence-electron chi connectivity index (χ1n) is 4.29. The van der Waals surface area contributed by atoms with Crippen molar-refractivity contribution in [3.8, 4) is 0 Å². The Morgan fingerprint density at radius 3 is 2.93 bits per heavy atom. The number of ether oxygens (including phenoxy) is 1. The molecule has 0 bridgehead atoms. The molecule has 2 unspecified atom stereocenters. The molecule has 0 fully saturated rings. The third-order valence-corrected chi connectivity index (χ3v) is 2.92. The summed E-state index contributed by atoms with van der Waals surface area (Å²) >= 11 is 3.31. The van der Waals surface area contributed by atoms with Gasteiger partial charge in [0.25, 0.3) is 0 Å². The molecule has 0 aromatic carbocycles. The highest BCUT2D eigenvalue weighted by Gasteiger charge is 2.37. The molecular weight excluding hydrogens is 248 g/mol. The summed E-state index contributed by atoms with van der Waals surface area (Å²) < 4.78 is 5.55. The topological polar surface area (TPSA) is 46.5 Å². The Kier molecular flexibility index (Phi) is 3.50. The van der Waals surface area contributed by atoms with Gasteiger partial charge in [-0.15, -0.1) is 0 Å². The van der Waals surface area contributed by atoms with Gasteiger partial charge in [0, 0.05) is 9.90 Å². The fraction of sp³-hybridized carbons (Fsp3) is 0.500. The smallest absolute Gasteiger partial charge is 0.313 e. The van der Waals surface area contributed by atoms with Gasteiger partial charge in [0.1, 0.15) is 0 Å². The highest BCUT2D eigenvalue weighted by molar-refractivity contribution is 9.11. The van der Waals surface area contributed by atoms with E-state index in [1.807, 2.05) is 13.0 Å². The Labute approximate surface area is 91.6 Å². The number of carbonyl (C=O) groups excluding carboxylic acids is 1. The van der Waals surface area contributed by atoms with Gasteiger partial charge in [-0.25, -0.2) is 0 Å². The molecule has 2 atom stereocenters. The molecule has 0 aliphatic heterocycles. The fourth-order valence-electron chi connectivity index (χ4n) is 1.48. The van der Waals surface area contributed by atoms with E-state index >= 15 is 0 Å². The quantitative estimate of drug-likeness (QED) is 0.768. The molecule has 3 nitrogen and oxygen atoms in total. The number of aliphatic hydroxyl groups excluding tert-OH is 1. The SMILES string of the molecule is COC(=O)C1C=CC(Br)=CC1(C)CO. The Morgan fingerprint density at radius 1 is 1.79 bits per heavy atom. The Morgan fingerprint density at radius 2 is 2.43 bits per heavy atom. The highest BCUT2D eigenvalue weighted by Crippen LogP contribution is 2.37. The molecule has 0 saturated carbocycles. The molecule has 0 spiro atoms. The zero-order valence-electron chi connectivity index (χ0n) is 8.16. The Bertz CT molecular complexity index is 296. The summed E-state index contributed by atoms with van der Waals surface area (Å²) in [4.78, 5) is 11.4. The third kappa shape index (κ3) is 2.07. The predicted molar refractivity (Wildman–Crippen MR) is 56.8 cm³/mol. The van der Waals surface area contributed by atoms with Gasteiger partial charge < -0.3 is 9.84 Å². The molecular formula is C10H13BrO3. The number of esters is 1. The number of methoxy groups -OCH3 is 1. The van der Waals surface area contributed by atoms with Crippen LogP contribution in [-0.2, 0) is 9.53 Å². The van der Waals surface area contributed by atoms with Crippen molar-refractivity contribution in [3.05, 3.63) is 22.7 Å². The first-order valence-corrected chi connectivity index (χ1v) is 5.08. The number of hydrogen-bond acceptors (Lipinski definition) is 3. The van der Waals surface area contributed by atoms with E-state index in [4.69, 9.17) is 0 Å². The summed E-state index contributed by atoms with van der Waals surface area (Å²) in [5, 5.41) is 9.28. The summed E-state index contributed by atoms with van der Waals surface area (Å²) in [5.41, 5.74) is -0.583. The van der Waals surface area contributed by atoms with E-state index in [-0.39, 0.29) is 12.6 Å². The number of allylic oxidation sites excluding steroid dienone is 2. The summed E-state index contributed by atoms with van der Waals surface area (Å²) in [6.45, 7) is 1.73. The van der Waals surface area contributed by atoms with Gasteiger partial charge in [-0.2, -0.15) is 0 Å². The first-order chi connectivity index (χ1) is 6.53. The second-order valence-electron chi connectivity index (χ2n) is 3.55. The molecule has 1 N–H and O–H groups in total. The maximum absolute atomic E-state index is 11.4. The standard InChI is InChI=1S/C10H13BrO3/c1-10(6-12)5-7(11)3-4-8(10)9(13)14-2/h3-5,8,12H,6H2,1-2H3. The molecule has 4 heteroatoms. The van der Waals surface area contributed by atoms with Crippen LogP contribution in [0.3, 0.4) is 0 Å². The van der Waals surface area contributed by atoms with Crippen LogP contribution in [0.5, 0.6) is 0 Å². The van der Waals surface area contributed by atoms with Crippen LogP contribution in [0.1, 0.15) is 6.92 Å². The maximum atomic E-state index is 11.4. The molecule has 0 aromatic rings.